The lowest BCUT2D eigenvalue weighted by Gasteiger charge is -2.45. The Morgan fingerprint density at radius 3 is 2.04 bits per heavy atom. The van der Waals surface area contributed by atoms with Crippen LogP contribution in [0.3, 0.4) is 0 Å². The van der Waals surface area contributed by atoms with Gasteiger partial charge in [0.2, 0.25) is 0 Å². The number of benzene rings is 6. The van der Waals surface area contributed by atoms with Gasteiger partial charge in [-0.25, -0.2) is 9.97 Å². The normalized spacial score (nSPS) is 16.8. The first-order chi connectivity index (χ1) is 22.8. The van der Waals surface area contributed by atoms with E-state index in [1.54, 1.807) is 0 Å². The van der Waals surface area contributed by atoms with E-state index in [0.29, 0.717) is 5.82 Å². The van der Waals surface area contributed by atoms with Crippen molar-refractivity contribution in [2.75, 3.05) is 0 Å². The number of hydrogen-bond donors (Lipinski definition) is 0. The molecule has 0 saturated heterocycles. The van der Waals surface area contributed by atoms with Crippen LogP contribution in [0.1, 0.15) is 23.1 Å². The average Bonchev–Trinajstić information content (AvgIpc) is 3.42. The second kappa shape index (κ2) is 9.60. The maximum Gasteiger partial charge on any atom is 0.164 e. The van der Waals surface area contributed by atoms with Gasteiger partial charge in [0.05, 0.1) is 22.2 Å². The highest BCUT2D eigenvalue weighted by molar-refractivity contribution is 6.03. The maximum atomic E-state index is 7.07. The summed E-state index contributed by atoms with van der Waals surface area (Å²) in [6, 6.07) is 47.6. The zero-order valence-corrected chi connectivity index (χ0v) is 25.0. The molecule has 1 atom stereocenters. The van der Waals surface area contributed by atoms with E-state index in [2.05, 4.69) is 152 Å². The van der Waals surface area contributed by atoms with Crippen molar-refractivity contribution in [3.63, 3.8) is 0 Å². The molecule has 46 heavy (non-hydrogen) atoms. The maximum absolute atomic E-state index is 7.07. The van der Waals surface area contributed by atoms with Gasteiger partial charge in [-0.05, 0) is 50.7 Å². The third-order valence-electron chi connectivity index (χ3n) is 10.1. The number of rotatable bonds is 2. The molecule has 6 aromatic carbocycles. The van der Waals surface area contributed by atoms with E-state index in [9.17, 15) is 0 Å². The molecule has 0 fully saturated rings. The fourth-order valence-electron chi connectivity index (χ4n) is 8.19. The van der Waals surface area contributed by atoms with Gasteiger partial charge in [-0.2, -0.15) is 0 Å². The summed E-state index contributed by atoms with van der Waals surface area (Å²) in [4.78, 5) is 10.6. The Morgan fingerprint density at radius 1 is 0.565 bits per heavy atom. The highest BCUT2D eigenvalue weighted by Gasteiger charge is 2.54. The number of nitrogens with zero attached hydrogens (tertiary/aromatic N) is 2. The van der Waals surface area contributed by atoms with Gasteiger partial charge in [-0.3, -0.25) is 0 Å². The van der Waals surface area contributed by atoms with Gasteiger partial charge >= 0.3 is 0 Å². The largest absolute Gasteiger partial charge is 0.485 e. The van der Waals surface area contributed by atoms with Crippen molar-refractivity contribution in [1.29, 1.82) is 0 Å². The Balaban J connectivity index is 1.28. The minimum atomic E-state index is -0.471. The minimum absolute atomic E-state index is 0.101. The number of aromatic nitrogens is 2. The first kappa shape index (κ1) is 25.5. The Morgan fingerprint density at radius 2 is 1.20 bits per heavy atom. The zero-order chi connectivity index (χ0) is 30.2. The van der Waals surface area contributed by atoms with Gasteiger partial charge in [0, 0.05) is 22.9 Å². The molecule has 0 amide bonds. The molecule has 3 nitrogen and oxygen atoms in total. The van der Waals surface area contributed by atoms with E-state index in [1.165, 1.54) is 38.6 Å². The van der Waals surface area contributed by atoms with Crippen LogP contribution in [0, 0.1) is 0 Å². The predicted molar refractivity (Wildman–Crippen MR) is 186 cm³/mol. The summed E-state index contributed by atoms with van der Waals surface area (Å²) < 4.78 is 7.07. The highest BCUT2D eigenvalue weighted by atomic mass is 16.5. The molecule has 1 spiro atoms. The standard InChI is InChI=1S/C43H28N2O/c1-2-15-28-27(13-1)14-11-19-31(28)40-32-18-5-9-25-38(32)44-42(45-40)33-20-12-24-37-41(33)46-39-26-10-8-23-36(39)43(37)34-21-6-3-16-29(34)30-17-4-7-22-35(30)43/h1-25,39H,26H2. The van der Waals surface area contributed by atoms with E-state index in [-0.39, 0.29) is 6.10 Å². The molecule has 0 N–H and O–H groups in total. The first-order valence-corrected chi connectivity index (χ1v) is 15.9. The summed E-state index contributed by atoms with van der Waals surface area (Å²) in [6.45, 7) is 0. The second-order valence-corrected chi connectivity index (χ2v) is 12.4. The van der Waals surface area contributed by atoms with E-state index in [1.807, 2.05) is 0 Å². The van der Waals surface area contributed by atoms with Crippen molar-refractivity contribution in [1.82, 2.24) is 9.97 Å². The van der Waals surface area contributed by atoms with Gasteiger partial charge in [-0.1, -0.05) is 140 Å². The summed E-state index contributed by atoms with van der Waals surface area (Å²) in [5, 5.41) is 3.40. The molecule has 2 aliphatic carbocycles. The van der Waals surface area contributed by atoms with Crippen LogP contribution >= 0.6 is 0 Å². The van der Waals surface area contributed by atoms with Gasteiger partial charge in [0.25, 0.3) is 0 Å². The quantitative estimate of drug-likeness (QED) is 0.202. The number of hydrogen-bond acceptors (Lipinski definition) is 3. The summed E-state index contributed by atoms with van der Waals surface area (Å²) in [7, 11) is 0. The van der Waals surface area contributed by atoms with Crippen LogP contribution in [0.5, 0.6) is 5.75 Å². The van der Waals surface area contributed by atoms with Crippen LogP contribution in [-0.2, 0) is 5.41 Å². The Labute approximate surface area is 267 Å². The molecular weight excluding hydrogens is 560 g/mol. The molecule has 216 valence electrons. The fourth-order valence-corrected chi connectivity index (χ4v) is 8.19. The third-order valence-corrected chi connectivity index (χ3v) is 10.1. The minimum Gasteiger partial charge on any atom is -0.485 e. The lowest BCUT2D eigenvalue weighted by Crippen LogP contribution is -2.42. The van der Waals surface area contributed by atoms with Crippen molar-refractivity contribution in [3.8, 4) is 39.5 Å². The van der Waals surface area contributed by atoms with Gasteiger partial charge in [0.1, 0.15) is 11.9 Å². The molecule has 7 aromatic rings. The highest BCUT2D eigenvalue weighted by Crippen LogP contribution is 2.62. The Hall–Kier alpha value is -5.80. The molecule has 3 aliphatic rings. The number of ether oxygens (including phenoxy) is 1. The van der Waals surface area contributed by atoms with E-state index in [0.717, 1.165) is 45.5 Å². The van der Waals surface area contributed by atoms with Crippen molar-refractivity contribution >= 4 is 21.7 Å². The lowest BCUT2D eigenvalue weighted by molar-refractivity contribution is 0.206. The third kappa shape index (κ3) is 3.37. The first-order valence-electron chi connectivity index (χ1n) is 15.9. The van der Waals surface area contributed by atoms with Crippen molar-refractivity contribution in [2.45, 2.75) is 17.9 Å². The number of allylic oxidation sites excluding steroid dienone is 2. The molecule has 2 heterocycles. The topological polar surface area (TPSA) is 35.0 Å². The summed E-state index contributed by atoms with van der Waals surface area (Å²) in [5.41, 5.74) is 11.0. The van der Waals surface area contributed by atoms with Crippen molar-refractivity contribution < 1.29 is 4.74 Å². The second-order valence-electron chi connectivity index (χ2n) is 12.4. The van der Waals surface area contributed by atoms with Gasteiger partial charge in [-0.15, -0.1) is 0 Å². The molecular formula is C43H28N2O. The predicted octanol–water partition coefficient (Wildman–Crippen LogP) is 10.1. The number of fused-ring (bicyclic) bond motifs is 11. The summed E-state index contributed by atoms with van der Waals surface area (Å²) >= 11 is 0. The SMILES string of the molecule is C1=CCC2Oc3c(-c4nc(-c5cccc6ccccc56)c5ccccc5n4)cccc3C3(C2=C1)c1ccccc1-c1ccccc13. The molecule has 10 rings (SSSR count). The molecule has 3 heteroatoms. The van der Waals surface area contributed by atoms with E-state index in [4.69, 9.17) is 14.7 Å². The van der Waals surface area contributed by atoms with E-state index < -0.39 is 5.41 Å². The lowest BCUT2D eigenvalue weighted by atomic mass is 9.63. The van der Waals surface area contributed by atoms with Gasteiger partial charge in [0.15, 0.2) is 5.82 Å². The fraction of sp³-hybridized carbons (Fsp3) is 0.0698. The van der Waals surface area contributed by atoms with Crippen LogP contribution in [0.2, 0.25) is 0 Å². The smallest absolute Gasteiger partial charge is 0.164 e. The summed E-state index contributed by atoms with van der Waals surface area (Å²) in [6.07, 6.45) is 7.40. The summed E-state index contributed by atoms with van der Waals surface area (Å²) in [5.74, 6) is 1.54. The van der Waals surface area contributed by atoms with Crippen LogP contribution < -0.4 is 4.74 Å². The van der Waals surface area contributed by atoms with Crippen LogP contribution in [0.15, 0.2) is 157 Å². The molecule has 1 unspecified atom stereocenters. The Bertz CT molecular complexity index is 2400. The van der Waals surface area contributed by atoms with Crippen LogP contribution in [-0.4, -0.2) is 16.1 Å². The molecule has 0 bridgehead atoms. The van der Waals surface area contributed by atoms with Crippen molar-refractivity contribution in [2.24, 2.45) is 0 Å². The van der Waals surface area contributed by atoms with Gasteiger partial charge < -0.3 is 4.74 Å². The molecule has 0 saturated carbocycles. The average molecular weight is 589 g/mol. The van der Waals surface area contributed by atoms with Crippen molar-refractivity contribution in [3.05, 3.63) is 174 Å². The molecule has 1 aromatic heterocycles. The van der Waals surface area contributed by atoms with E-state index >= 15 is 0 Å². The van der Waals surface area contributed by atoms with Crippen LogP contribution in [0.4, 0.5) is 0 Å². The molecule has 1 aliphatic heterocycles. The Kier molecular flexibility index (Phi) is 5.32. The molecule has 0 radical (unpaired) electrons. The van der Waals surface area contributed by atoms with Crippen LogP contribution in [0.25, 0.3) is 55.4 Å². The monoisotopic (exact) mass is 588 g/mol. The zero-order valence-electron chi connectivity index (χ0n) is 25.0. The number of para-hydroxylation sites is 2.